The van der Waals surface area contributed by atoms with Gasteiger partial charge in [0.25, 0.3) is 0 Å². The van der Waals surface area contributed by atoms with Crippen LogP contribution in [0, 0.1) is 0 Å². The van der Waals surface area contributed by atoms with E-state index >= 15 is 0 Å². The van der Waals surface area contributed by atoms with Crippen LogP contribution in [0.5, 0.6) is 5.75 Å². The lowest BCUT2D eigenvalue weighted by Crippen LogP contribution is -2.48. The van der Waals surface area contributed by atoms with E-state index in [1.807, 2.05) is 41.3 Å². The highest BCUT2D eigenvalue weighted by Gasteiger charge is 2.21. The summed E-state index contributed by atoms with van der Waals surface area (Å²) < 4.78 is 12.1. The third-order valence-electron chi connectivity index (χ3n) is 5.30. The number of piperazine rings is 1. The van der Waals surface area contributed by atoms with Crippen molar-refractivity contribution in [1.82, 2.24) is 9.88 Å². The molecule has 0 unspecified atom stereocenters. The van der Waals surface area contributed by atoms with Crippen molar-refractivity contribution in [2.24, 2.45) is 0 Å². The van der Waals surface area contributed by atoms with Crippen LogP contribution in [0.25, 0.3) is 11.3 Å². The summed E-state index contributed by atoms with van der Waals surface area (Å²) in [5.74, 6) is 2.31. The maximum atomic E-state index is 12.6. The number of carbonyl (C=O) groups is 1. The Kier molecular flexibility index (Phi) is 6.38. The van der Waals surface area contributed by atoms with E-state index in [0.29, 0.717) is 18.7 Å². The first kappa shape index (κ1) is 20.5. The minimum Gasteiger partial charge on any atom is -0.497 e. The van der Waals surface area contributed by atoms with E-state index in [1.165, 1.54) is 0 Å². The molecular formula is C23H24BrN3O3. The molecule has 1 amide bonds. The zero-order chi connectivity index (χ0) is 20.9. The molecular weight excluding hydrogens is 446 g/mol. The molecule has 1 aliphatic rings. The maximum absolute atomic E-state index is 12.6. The van der Waals surface area contributed by atoms with Crippen LogP contribution >= 0.6 is 15.9 Å². The van der Waals surface area contributed by atoms with Gasteiger partial charge in [-0.05, 0) is 36.4 Å². The molecule has 6 nitrogen and oxygen atoms in total. The number of benzene rings is 2. The molecule has 0 aliphatic carbocycles. The summed E-state index contributed by atoms with van der Waals surface area (Å²) in [5.41, 5.74) is 2.13. The monoisotopic (exact) mass is 469 g/mol. The van der Waals surface area contributed by atoms with Crippen LogP contribution in [0.4, 0.5) is 5.69 Å². The van der Waals surface area contributed by atoms with Crippen molar-refractivity contribution in [3.05, 3.63) is 65.1 Å². The molecule has 1 aliphatic heterocycles. The van der Waals surface area contributed by atoms with Gasteiger partial charge in [0.15, 0.2) is 11.7 Å². The SMILES string of the molecule is COc1ccc(N2CCN(C(=O)CCc3ncc(-c4ccc(Br)cc4)o3)CC2)cc1. The first-order valence-electron chi connectivity index (χ1n) is 10.00. The highest BCUT2D eigenvalue weighted by molar-refractivity contribution is 9.10. The first-order chi connectivity index (χ1) is 14.6. The number of carbonyl (C=O) groups excluding carboxylic acids is 1. The fourth-order valence-corrected chi connectivity index (χ4v) is 3.82. The van der Waals surface area contributed by atoms with Gasteiger partial charge in [-0.3, -0.25) is 4.79 Å². The quantitative estimate of drug-likeness (QED) is 0.535. The molecule has 2 heterocycles. The molecule has 1 fully saturated rings. The Labute approximate surface area is 184 Å². The summed E-state index contributed by atoms with van der Waals surface area (Å²) in [5, 5.41) is 0. The standard InChI is InChI=1S/C23H24BrN3O3/c1-29-20-8-6-19(7-9-20)26-12-14-27(15-13-26)23(28)11-10-22-25-16-21(30-22)17-2-4-18(24)5-3-17/h2-9,16H,10-15H2,1H3. The molecule has 1 aromatic heterocycles. The highest BCUT2D eigenvalue weighted by Crippen LogP contribution is 2.23. The third-order valence-corrected chi connectivity index (χ3v) is 5.83. The average Bonchev–Trinajstić information content (AvgIpc) is 3.27. The van der Waals surface area contributed by atoms with Gasteiger partial charge in [0, 0.05) is 54.7 Å². The van der Waals surface area contributed by atoms with E-state index in [4.69, 9.17) is 9.15 Å². The van der Waals surface area contributed by atoms with Gasteiger partial charge >= 0.3 is 0 Å². The van der Waals surface area contributed by atoms with Crippen LogP contribution in [-0.4, -0.2) is 49.1 Å². The molecule has 156 valence electrons. The first-order valence-corrected chi connectivity index (χ1v) is 10.8. The Hall–Kier alpha value is -2.80. The number of nitrogens with zero attached hydrogens (tertiary/aromatic N) is 3. The number of aryl methyl sites for hydroxylation is 1. The molecule has 3 aromatic rings. The second-order valence-corrected chi connectivity index (χ2v) is 8.11. The predicted octanol–water partition coefficient (Wildman–Crippen LogP) is 4.39. The number of oxazole rings is 1. The summed E-state index contributed by atoms with van der Waals surface area (Å²) >= 11 is 3.43. The van der Waals surface area contributed by atoms with Crippen molar-refractivity contribution in [3.8, 4) is 17.1 Å². The van der Waals surface area contributed by atoms with Crippen LogP contribution in [0.1, 0.15) is 12.3 Å². The number of hydrogen-bond donors (Lipinski definition) is 0. The van der Waals surface area contributed by atoms with Crippen LogP contribution in [0.15, 0.2) is 63.6 Å². The van der Waals surface area contributed by atoms with Gasteiger partial charge in [-0.15, -0.1) is 0 Å². The van der Waals surface area contributed by atoms with Crippen LogP contribution in [0.2, 0.25) is 0 Å². The van der Waals surface area contributed by atoms with Gasteiger partial charge in [-0.25, -0.2) is 4.98 Å². The minimum absolute atomic E-state index is 0.146. The van der Waals surface area contributed by atoms with Crippen molar-refractivity contribution < 1.29 is 13.9 Å². The van der Waals surface area contributed by atoms with Gasteiger partial charge < -0.3 is 19.0 Å². The van der Waals surface area contributed by atoms with Gasteiger partial charge in [0.05, 0.1) is 13.3 Å². The predicted molar refractivity (Wildman–Crippen MR) is 120 cm³/mol. The lowest BCUT2D eigenvalue weighted by Gasteiger charge is -2.36. The zero-order valence-electron chi connectivity index (χ0n) is 16.9. The zero-order valence-corrected chi connectivity index (χ0v) is 18.5. The van der Waals surface area contributed by atoms with Crippen molar-refractivity contribution >= 4 is 27.5 Å². The second-order valence-electron chi connectivity index (χ2n) is 7.19. The van der Waals surface area contributed by atoms with E-state index in [-0.39, 0.29) is 5.91 Å². The van der Waals surface area contributed by atoms with E-state index in [1.54, 1.807) is 13.3 Å². The van der Waals surface area contributed by atoms with Crippen molar-refractivity contribution in [3.63, 3.8) is 0 Å². The number of ether oxygens (including phenoxy) is 1. The Morgan fingerprint density at radius 3 is 2.43 bits per heavy atom. The lowest BCUT2D eigenvalue weighted by molar-refractivity contribution is -0.131. The topological polar surface area (TPSA) is 58.8 Å². The molecule has 4 rings (SSSR count). The van der Waals surface area contributed by atoms with Gasteiger partial charge in [-0.1, -0.05) is 28.1 Å². The van der Waals surface area contributed by atoms with E-state index in [2.05, 4.69) is 37.9 Å². The fourth-order valence-electron chi connectivity index (χ4n) is 3.55. The summed E-state index contributed by atoms with van der Waals surface area (Å²) in [6, 6.07) is 15.9. The largest absolute Gasteiger partial charge is 0.497 e. The number of methoxy groups -OCH3 is 1. The molecule has 0 spiro atoms. The van der Waals surface area contributed by atoms with E-state index in [9.17, 15) is 4.79 Å². The number of amides is 1. The number of anilines is 1. The van der Waals surface area contributed by atoms with Crippen LogP contribution in [0.3, 0.4) is 0 Å². The van der Waals surface area contributed by atoms with Gasteiger partial charge in [0.1, 0.15) is 5.75 Å². The average molecular weight is 470 g/mol. The molecule has 30 heavy (non-hydrogen) atoms. The molecule has 2 aromatic carbocycles. The van der Waals surface area contributed by atoms with Crippen LogP contribution in [-0.2, 0) is 11.2 Å². The minimum atomic E-state index is 0.146. The van der Waals surface area contributed by atoms with Crippen molar-refractivity contribution in [1.29, 1.82) is 0 Å². The highest BCUT2D eigenvalue weighted by atomic mass is 79.9. The molecule has 0 radical (unpaired) electrons. The Morgan fingerprint density at radius 1 is 1.07 bits per heavy atom. The summed E-state index contributed by atoms with van der Waals surface area (Å²) in [6.07, 6.45) is 2.63. The summed E-state index contributed by atoms with van der Waals surface area (Å²) in [7, 11) is 1.67. The molecule has 0 atom stereocenters. The normalized spacial score (nSPS) is 14.1. The second kappa shape index (κ2) is 9.34. The van der Waals surface area contributed by atoms with E-state index in [0.717, 1.165) is 53.4 Å². The molecule has 0 bridgehead atoms. The van der Waals surface area contributed by atoms with Crippen LogP contribution < -0.4 is 9.64 Å². The van der Waals surface area contributed by atoms with E-state index < -0.39 is 0 Å². The lowest BCUT2D eigenvalue weighted by atomic mass is 10.2. The third kappa shape index (κ3) is 4.84. The Morgan fingerprint density at radius 2 is 1.77 bits per heavy atom. The molecule has 0 saturated carbocycles. The van der Waals surface area contributed by atoms with Gasteiger partial charge in [0.2, 0.25) is 5.91 Å². The Bertz CT molecular complexity index is 978. The molecule has 7 heteroatoms. The summed E-state index contributed by atoms with van der Waals surface area (Å²) in [6.45, 7) is 3.09. The summed E-state index contributed by atoms with van der Waals surface area (Å²) in [4.78, 5) is 21.2. The molecule has 1 saturated heterocycles. The van der Waals surface area contributed by atoms with Gasteiger partial charge in [-0.2, -0.15) is 0 Å². The maximum Gasteiger partial charge on any atom is 0.223 e. The molecule has 0 N–H and O–H groups in total. The Balaban J connectivity index is 1.26. The van der Waals surface area contributed by atoms with Crippen molar-refractivity contribution in [2.75, 3.05) is 38.2 Å². The smallest absolute Gasteiger partial charge is 0.223 e. The number of hydrogen-bond acceptors (Lipinski definition) is 5. The number of aromatic nitrogens is 1. The van der Waals surface area contributed by atoms with Crippen molar-refractivity contribution in [2.45, 2.75) is 12.8 Å². The number of rotatable bonds is 6. The number of halogens is 1. The fraction of sp³-hybridized carbons (Fsp3) is 0.304.